The first-order valence-electron chi connectivity index (χ1n) is 11.3. The van der Waals surface area contributed by atoms with Crippen molar-refractivity contribution in [2.24, 2.45) is 5.92 Å². The number of rotatable bonds is 7. The summed E-state index contributed by atoms with van der Waals surface area (Å²) in [6.07, 6.45) is 0.642. The number of nitrogens with two attached hydrogens (primary N) is 1. The summed E-state index contributed by atoms with van der Waals surface area (Å²) in [7, 11) is -3.59. The maximum atomic E-state index is 13.4. The number of amides is 1. The van der Waals surface area contributed by atoms with E-state index in [4.69, 9.17) is 5.73 Å². The second kappa shape index (κ2) is 10.2. The van der Waals surface area contributed by atoms with Gasteiger partial charge in [-0.15, -0.1) is 11.3 Å². The van der Waals surface area contributed by atoms with E-state index >= 15 is 0 Å². The van der Waals surface area contributed by atoms with Crippen molar-refractivity contribution in [3.63, 3.8) is 0 Å². The van der Waals surface area contributed by atoms with E-state index in [2.05, 4.69) is 4.98 Å². The molecule has 0 aliphatic carbocycles. The van der Waals surface area contributed by atoms with E-state index in [1.165, 1.54) is 13.8 Å². The number of thiophene rings is 1. The largest absolute Gasteiger partial charge is 0.383 e. The summed E-state index contributed by atoms with van der Waals surface area (Å²) in [4.78, 5) is 42.2. The lowest BCUT2D eigenvalue weighted by Crippen LogP contribution is -2.47. The van der Waals surface area contributed by atoms with E-state index in [1.807, 2.05) is 30.3 Å². The number of aromatic amines is 1. The number of anilines is 2. The summed E-state index contributed by atoms with van der Waals surface area (Å²) in [6, 6.07) is 12.4. The van der Waals surface area contributed by atoms with Crippen LogP contribution in [0, 0.1) is 5.92 Å². The molecule has 0 unspecified atom stereocenters. The lowest BCUT2D eigenvalue weighted by atomic mass is 9.96. The maximum Gasteiger partial charge on any atom is 0.330 e. The predicted octanol–water partition coefficient (Wildman–Crippen LogP) is 1.68. The number of nitrogens with one attached hydrogen (secondary N) is 1. The van der Waals surface area contributed by atoms with Crippen LogP contribution in [0.5, 0.6) is 0 Å². The number of hydrogen-bond donors (Lipinski definition) is 2. The number of piperidine rings is 1. The van der Waals surface area contributed by atoms with Gasteiger partial charge in [0.1, 0.15) is 10.0 Å². The van der Waals surface area contributed by atoms with Crippen LogP contribution in [0.2, 0.25) is 0 Å². The number of carbonyl (C=O) groups is 1. The summed E-state index contributed by atoms with van der Waals surface area (Å²) in [5, 5.41) is 1.71. The third-order valence-corrected chi connectivity index (χ3v) is 9.41. The maximum absolute atomic E-state index is 13.4. The molecule has 0 bridgehead atoms. The van der Waals surface area contributed by atoms with E-state index in [0.717, 1.165) is 16.9 Å². The third kappa shape index (κ3) is 4.95. The Morgan fingerprint density at radius 2 is 1.83 bits per heavy atom. The number of hydrogen-bond acceptors (Lipinski definition) is 7. The number of aromatic nitrogens is 2. The van der Waals surface area contributed by atoms with Crippen molar-refractivity contribution in [1.29, 1.82) is 0 Å². The molecular formula is C23H27N5O5S2. The number of carbonyl (C=O) groups excluding carboxylic acids is 1. The summed E-state index contributed by atoms with van der Waals surface area (Å²) in [5.41, 5.74) is 5.63. The highest BCUT2D eigenvalue weighted by molar-refractivity contribution is 7.91. The summed E-state index contributed by atoms with van der Waals surface area (Å²) in [5.74, 6) is -0.878. The Balaban J connectivity index is 1.56. The van der Waals surface area contributed by atoms with Gasteiger partial charge in [-0.25, -0.2) is 13.2 Å². The molecule has 1 aliphatic rings. The molecule has 2 aromatic heterocycles. The molecule has 1 aromatic carbocycles. The van der Waals surface area contributed by atoms with Gasteiger partial charge in [0.25, 0.3) is 15.6 Å². The van der Waals surface area contributed by atoms with Crippen molar-refractivity contribution < 1.29 is 13.2 Å². The van der Waals surface area contributed by atoms with Gasteiger partial charge in [0.15, 0.2) is 5.69 Å². The molecule has 0 atom stereocenters. The van der Waals surface area contributed by atoms with E-state index in [9.17, 15) is 22.8 Å². The minimum atomic E-state index is -3.59. The van der Waals surface area contributed by atoms with Crippen molar-refractivity contribution >= 4 is 38.8 Å². The molecule has 0 spiro atoms. The van der Waals surface area contributed by atoms with Gasteiger partial charge >= 0.3 is 5.69 Å². The molecule has 12 heteroatoms. The molecule has 35 heavy (non-hydrogen) atoms. The number of benzene rings is 1. The Morgan fingerprint density at radius 3 is 2.43 bits per heavy atom. The van der Waals surface area contributed by atoms with Crippen LogP contribution in [-0.2, 0) is 21.4 Å². The van der Waals surface area contributed by atoms with Gasteiger partial charge in [-0.2, -0.15) is 4.31 Å². The molecule has 10 nitrogen and oxygen atoms in total. The van der Waals surface area contributed by atoms with Gasteiger partial charge in [0.2, 0.25) is 5.91 Å². The van der Waals surface area contributed by atoms with Crippen molar-refractivity contribution in [1.82, 2.24) is 13.9 Å². The first-order valence-corrected chi connectivity index (χ1v) is 13.6. The minimum absolute atomic E-state index is 0.0679. The number of H-pyrrole nitrogens is 1. The monoisotopic (exact) mass is 517 g/mol. The molecule has 3 N–H and O–H groups in total. The van der Waals surface area contributed by atoms with Crippen molar-refractivity contribution in [3.8, 4) is 0 Å². The quantitative estimate of drug-likeness (QED) is 0.489. The highest BCUT2D eigenvalue weighted by Gasteiger charge is 2.35. The molecule has 1 aliphatic heterocycles. The standard InChI is InChI=1S/C23H27N5O5S2/c1-2-27(19-20(24)28(23(31)25-21(19)29)15-16-7-4-3-5-8-16)22(30)17-10-12-26(13-11-17)35(32,33)18-9-6-14-34-18/h3-9,14,17H,2,10-13,15,24H2,1H3,(H,25,29,31). The van der Waals surface area contributed by atoms with Crippen LogP contribution in [0.15, 0.2) is 61.6 Å². The smallest absolute Gasteiger partial charge is 0.330 e. The van der Waals surface area contributed by atoms with Crippen LogP contribution in [0.25, 0.3) is 0 Å². The summed E-state index contributed by atoms with van der Waals surface area (Å²) < 4.78 is 28.5. The van der Waals surface area contributed by atoms with Gasteiger partial charge in [0, 0.05) is 25.6 Å². The molecule has 1 fully saturated rings. The molecule has 4 rings (SSSR count). The molecule has 0 radical (unpaired) electrons. The average molecular weight is 518 g/mol. The molecule has 3 heterocycles. The lowest BCUT2D eigenvalue weighted by molar-refractivity contribution is -0.123. The third-order valence-electron chi connectivity index (χ3n) is 6.14. The Bertz CT molecular complexity index is 1410. The van der Waals surface area contributed by atoms with Gasteiger partial charge in [-0.1, -0.05) is 36.4 Å². The van der Waals surface area contributed by atoms with Crippen molar-refractivity contribution in [2.45, 2.75) is 30.5 Å². The summed E-state index contributed by atoms with van der Waals surface area (Å²) in [6.45, 7) is 2.43. The Hall–Kier alpha value is -3.22. The molecular weight excluding hydrogens is 490 g/mol. The van der Waals surface area contributed by atoms with Crippen molar-refractivity contribution in [2.75, 3.05) is 30.3 Å². The number of nitrogen functional groups attached to an aromatic ring is 1. The van der Waals surface area contributed by atoms with E-state index in [-0.39, 0.29) is 47.8 Å². The molecule has 186 valence electrons. The van der Waals surface area contributed by atoms with Gasteiger partial charge in [-0.3, -0.25) is 19.1 Å². The van der Waals surface area contributed by atoms with E-state index in [1.54, 1.807) is 24.4 Å². The van der Waals surface area contributed by atoms with Crippen LogP contribution >= 0.6 is 11.3 Å². The van der Waals surface area contributed by atoms with Crippen LogP contribution in [0.1, 0.15) is 25.3 Å². The molecule has 1 saturated heterocycles. The van der Waals surface area contributed by atoms with Crippen LogP contribution in [0.4, 0.5) is 11.5 Å². The fourth-order valence-corrected chi connectivity index (χ4v) is 6.90. The van der Waals surface area contributed by atoms with Crippen LogP contribution in [-0.4, -0.2) is 47.8 Å². The van der Waals surface area contributed by atoms with E-state index < -0.39 is 27.2 Å². The van der Waals surface area contributed by atoms with Crippen LogP contribution in [0.3, 0.4) is 0 Å². The minimum Gasteiger partial charge on any atom is -0.383 e. The highest BCUT2D eigenvalue weighted by atomic mass is 32.2. The zero-order valence-corrected chi connectivity index (χ0v) is 20.8. The lowest BCUT2D eigenvalue weighted by Gasteiger charge is -2.33. The molecule has 3 aromatic rings. The van der Waals surface area contributed by atoms with E-state index in [0.29, 0.717) is 12.8 Å². The fraction of sp³-hybridized carbons (Fsp3) is 0.348. The normalized spacial score (nSPS) is 15.2. The Morgan fingerprint density at radius 1 is 1.14 bits per heavy atom. The molecule has 1 amide bonds. The second-order valence-corrected chi connectivity index (χ2v) is 11.4. The zero-order chi connectivity index (χ0) is 25.2. The fourth-order valence-electron chi connectivity index (χ4n) is 4.29. The Kier molecular flexibility index (Phi) is 7.24. The van der Waals surface area contributed by atoms with Crippen LogP contribution < -0.4 is 21.9 Å². The zero-order valence-electron chi connectivity index (χ0n) is 19.2. The van der Waals surface area contributed by atoms with Crippen molar-refractivity contribution in [3.05, 3.63) is 74.2 Å². The number of sulfonamides is 1. The first-order chi connectivity index (χ1) is 16.7. The number of nitrogens with zero attached hydrogens (tertiary/aromatic N) is 3. The first kappa shape index (κ1) is 24.9. The average Bonchev–Trinajstić information content (AvgIpc) is 3.41. The van der Waals surface area contributed by atoms with Gasteiger partial charge < -0.3 is 10.6 Å². The Labute approximate surface area is 206 Å². The predicted molar refractivity (Wildman–Crippen MR) is 135 cm³/mol. The SMILES string of the molecule is CCN(C(=O)C1CCN(S(=O)(=O)c2cccs2)CC1)c1c(N)n(Cc2ccccc2)c(=O)[nH]c1=O. The second-order valence-electron chi connectivity index (χ2n) is 8.26. The topological polar surface area (TPSA) is 139 Å². The molecule has 0 saturated carbocycles. The van der Waals surface area contributed by atoms with Gasteiger partial charge in [-0.05, 0) is 36.8 Å². The summed E-state index contributed by atoms with van der Waals surface area (Å²) >= 11 is 1.16. The highest BCUT2D eigenvalue weighted by Crippen LogP contribution is 2.29. The van der Waals surface area contributed by atoms with Gasteiger partial charge in [0.05, 0.1) is 6.54 Å².